The van der Waals surface area contributed by atoms with Crippen LogP contribution in [0.4, 0.5) is 10.5 Å². The Hall–Kier alpha value is -2.12. The number of benzene rings is 1. The van der Waals surface area contributed by atoms with Gasteiger partial charge in [-0.25, -0.2) is 4.79 Å². The van der Waals surface area contributed by atoms with Crippen molar-refractivity contribution >= 4 is 23.3 Å². The highest BCUT2D eigenvalue weighted by Gasteiger charge is 2.22. The second-order valence-corrected chi connectivity index (χ2v) is 6.83. The van der Waals surface area contributed by atoms with E-state index in [0.29, 0.717) is 36.4 Å². The molecule has 0 saturated carbocycles. The monoisotopic (exact) mass is 363 g/mol. The molecule has 0 radical (unpaired) electrons. The predicted octanol–water partition coefficient (Wildman–Crippen LogP) is 3.20. The Morgan fingerprint density at radius 2 is 1.88 bits per heavy atom. The van der Waals surface area contributed by atoms with Crippen molar-refractivity contribution in [3.8, 4) is 0 Å². The quantitative estimate of drug-likeness (QED) is 0.902. The largest absolute Gasteiger partial charge is 0.424 e. The third-order valence-corrected chi connectivity index (χ3v) is 4.34. The summed E-state index contributed by atoms with van der Waals surface area (Å²) in [5.74, 6) is 1.52. The summed E-state index contributed by atoms with van der Waals surface area (Å²) in [6.07, 6.45) is 0. The predicted molar refractivity (Wildman–Crippen MR) is 95.7 cm³/mol. The van der Waals surface area contributed by atoms with E-state index in [1.807, 2.05) is 13.8 Å². The Kier molecular flexibility index (Phi) is 5.55. The van der Waals surface area contributed by atoms with Crippen molar-refractivity contribution in [1.29, 1.82) is 0 Å². The Morgan fingerprint density at radius 3 is 2.48 bits per heavy atom. The molecule has 3 rings (SSSR count). The standard InChI is InChI=1S/C17H22ClN5O2/c1-12(2)16-21-20-15(25-16)11-22-7-9-23(10-8-22)17(24)19-14-5-3-13(18)4-6-14/h3-6,12H,7-11H2,1-2H3,(H,19,24). The number of carbonyl (C=O) groups is 1. The summed E-state index contributed by atoms with van der Waals surface area (Å²) < 4.78 is 5.64. The van der Waals surface area contributed by atoms with Crippen LogP contribution in [0.5, 0.6) is 0 Å². The summed E-state index contributed by atoms with van der Waals surface area (Å²) in [5.41, 5.74) is 0.740. The molecule has 8 heteroatoms. The zero-order chi connectivity index (χ0) is 17.8. The van der Waals surface area contributed by atoms with E-state index in [-0.39, 0.29) is 11.9 Å². The van der Waals surface area contributed by atoms with E-state index in [4.69, 9.17) is 16.0 Å². The van der Waals surface area contributed by atoms with Gasteiger partial charge in [-0.15, -0.1) is 10.2 Å². The first kappa shape index (κ1) is 17.7. The average Bonchev–Trinajstić information content (AvgIpc) is 3.06. The maximum Gasteiger partial charge on any atom is 0.321 e. The number of piperazine rings is 1. The Bertz CT molecular complexity index is 708. The van der Waals surface area contributed by atoms with Crippen molar-refractivity contribution in [2.24, 2.45) is 0 Å². The van der Waals surface area contributed by atoms with Gasteiger partial charge in [-0.2, -0.15) is 0 Å². The summed E-state index contributed by atoms with van der Waals surface area (Å²) in [6, 6.07) is 6.99. The van der Waals surface area contributed by atoms with Gasteiger partial charge in [0.25, 0.3) is 0 Å². The number of urea groups is 1. The van der Waals surface area contributed by atoms with Crippen LogP contribution < -0.4 is 5.32 Å². The van der Waals surface area contributed by atoms with Crippen LogP contribution in [0.25, 0.3) is 0 Å². The van der Waals surface area contributed by atoms with Gasteiger partial charge < -0.3 is 14.6 Å². The molecule has 25 heavy (non-hydrogen) atoms. The minimum Gasteiger partial charge on any atom is -0.424 e. The van der Waals surface area contributed by atoms with E-state index < -0.39 is 0 Å². The topological polar surface area (TPSA) is 74.5 Å². The summed E-state index contributed by atoms with van der Waals surface area (Å²) >= 11 is 5.85. The number of nitrogens with one attached hydrogen (secondary N) is 1. The van der Waals surface area contributed by atoms with E-state index in [2.05, 4.69) is 20.4 Å². The van der Waals surface area contributed by atoms with Crippen molar-refractivity contribution in [3.63, 3.8) is 0 Å². The molecular formula is C17H22ClN5O2. The second kappa shape index (κ2) is 7.84. The molecule has 1 aromatic heterocycles. The first-order chi connectivity index (χ1) is 12.0. The second-order valence-electron chi connectivity index (χ2n) is 6.39. The van der Waals surface area contributed by atoms with Crippen LogP contribution in [-0.2, 0) is 6.54 Å². The number of amides is 2. The van der Waals surface area contributed by atoms with Gasteiger partial charge in [-0.05, 0) is 24.3 Å². The van der Waals surface area contributed by atoms with Gasteiger partial charge in [0, 0.05) is 42.8 Å². The van der Waals surface area contributed by atoms with Crippen LogP contribution >= 0.6 is 11.6 Å². The molecule has 1 aliphatic rings. The van der Waals surface area contributed by atoms with Gasteiger partial charge in [-0.3, -0.25) is 4.90 Å². The zero-order valence-electron chi connectivity index (χ0n) is 14.4. The molecule has 1 fully saturated rings. The molecule has 2 heterocycles. The molecule has 1 saturated heterocycles. The number of hydrogen-bond donors (Lipinski definition) is 1. The van der Waals surface area contributed by atoms with Crippen LogP contribution in [0.3, 0.4) is 0 Å². The first-order valence-electron chi connectivity index (χ1n) is 8.37. The fraction of sp³-hybridized carbons (Fsp3) is 0.471. The maximum atomic E-state index is 12.3. The molecule has 0 unspecified atom stereocenters. The molecule has 0 spiro atoms. The minimum atomic E-state index is -0.0955. The van der Waals surface area contributed by atoms with Crippen molar-refractivity contribution in [2.75, 3.05) is 31.5 Å². The van der Waals surface area contributed by atoms with Gasteiger partial charge in [-0.1, -0.05) is 25.4 Å². The van der Waals surface area contributed by atoms with Crippen LogP contribution in [0.2, 0.25) is 5.02 Å². The number of carbonyl (C=O) groups excluding carboxylic acids is 1. The van der Waals surface area contributed by atoms with Crippen LogP contribution in [0, 0.1) is 0 Å². The van der Waals surface area contributed by atoms with Gasteiger partial charge >= 0.3 is 6.03 Å². The van der Waals surface area contributed by atoms with Crippen LogP contribution in [0.15, 0.2) is 28.7 Å². The van der Waals surface area contributed by atoms with Crippen LogP contribution in [0.1, 0.15) is 31.5 Å². The molecule has 1 aliphatic heterocycles. The Morgan fingerprint density at radius 1 is 1.20 bits per heavy atom. The van der Waals surface area contributed by atoms with E-state index in [0.717, 1.165) is 18.8 Å². The third kappa shape index (κ3) is 4.70. The summed E-state index contributed by atoms with van der Waals surface area (Å²) in [4.78, 5) is 16.3. The average molecular weight is 364 g/mol. The van der Waals surface area contributed by atoms with Gasteiger partial charge in [0.1, 0.15) is 0 Å². The van der Waals surface area contributed by atoms with E-state index in [1.165, 1.54) is 0 Å². The van der Waals surface area contributed by atoms with Crippen molar-refractivity contribution < 1.29 is 9.21 Å². The molecule has 134 valence electrons. The lowest BCUT2D eigenvalue weighted by Crippen LogP contribution is -2.49. The lowest BCUT2D eigenvalue weighted by atomic mass is 10.2. The number of hydrogen-bond acceptors (Lipinski definition) is 5. The Labute approximate surface area is 152 Å². The molecular weight excluding hydrogens is 342 g/mol. The normalized spacial score (nSPS) is 15.6. The fourth-order valence-electron chi connectivity index (χ4n) is 2.60. The number of aromatic nitrogens is 2. The minimum absolute atomic E-state index is 0.0955. The van der Waals surface area contributed by atoms with Crippen molar-refractivity contribution in [2.45, 2.75) is 26.3 Å². The first-order valence-corrected chi connectivity index (χ1v) is 8.75. The molecule has 0 bridgehead atoms. The number of anilines is 1. The molecule has 0 atom stereocenters. The number of nitrogens with zero attached hydrogens (tertiary/aromatic N) is 4. The van der Waals surface area contributed by atoms with Gasteiger partial charge in [0.05, 0.1) is 6.54 Å². The molecule has 1 aromatic carbocycles. The molecule has 0 aliphatic carbocycles. The van der Waals surface area contributed by atoms with E-state index in [9.17, 15) is 4.79 Å². The SMILES string of the molecule is CC(C)c1nnc(CN2CCN(C(=O)Nc3ccc(Cl)cc3)CC2)o1. The van der Waals surface area contributed by atoms with E-state index >= 15 is 0 Å². The Balaban J connectivity index is 1.47. The maximum absolute atomic E-state index is 12.3. The van der Waals surface area contributed by atoms with Crippen molar-refractivity contribution in [3.05, 3.63) is 41.1 Å². The van der Waals surface area contributed by atoms with Gasteiger partial charge in [0.2, 0.25) is 11.8 Å². The lowest BCUT2D eigenvalue weighted by Gasteiger charge is -2.33. The zero-order valence-corrected chi connectivity index (χ0v) is 15.2. The number of halogens is 1. The highest BCUT2D eigenvalue weighted by atomic mass is 35.5. The highest BCUT2D eigenvalue weighted by molar-refractivity contribution is 6.30. The number of rotatable bonds is 4. The summed E-state index contributed by atoms with van der Waals surface area (Å²) in [5, 5.41) is 11.7. The van der Waals surface area contributed by atoms with Crippen LogP contribution in [-0.4, -0.2) is 52.2 Å². The van der Waals surface area contributed by atoms with E-state index in [1.54, 1.807) is 29.2 Å². The van der Waals surface area contributed by atoms with Crippen molar-refractivity contribution in [1.82, 2.24) is 20.0 Å². The third-order valence-electron chi connectivity index (χ3n) is 4.09. The highest BCUT2D eigenvalue weighted by Crippen LogP contribution is 2.16. The molecule has 7 nitrogen and oxygen atoms in total. The fourth-order valence-corrected chi connectivity index (χ4v) is 2.73. The smallest absolute Gasteiger partial charge is 0.321 e. The molecule has 2 amide bonds. The van der Waals surface area contributed by atoms with Gasteiger partial charge in [0.15, 0.2) is 0 Å². The summed E-state index contributed by atoms with van der Waals surface area (Å²) in [6.45, 7) is 7.52. The molecule has 2 aromatic rings. The molecule has 1 N–H and O–H groups in total. The summed E-state index contributed by atoms with van der Waals surface area (Å²) in [7, 11) is 0. The lowest BCUT2D eigenvalue weighted by molar-refractivity contribution is 0.135.